The second kappa shape index (κ2) is 21.0. The first-order valence-corrected chi connectivity index (χ1v) is 30.3. The Morgan fingerprint density at radius 3 is 0.986 bits per heavy atom. The van der Waals surface area contributed by atoms with Crippen molar-refractivity contribution in [2.75, 3.05) is 0 Å². The van der Waals surface area contributed by atoms with Gasteiger partial charge in [-0.25, -0.2) is 9.97 Å². The number of aromatic nitrogens is 2. The van der Waals surface area contributed by atoms with Crippen LogP contribution in [0.3, 0.4) is 0 Å². The molecule has 356 valence electrons. The van der Waals surface area contributed by atoms with Gasteiger partial charge in [0.1, 0.15) is 0 Å². The summed E-state index contributed by atoms with van der Waals surface area (Å²) in [5.74, 6) is 1.21. The molecular weight excluding hydrogens is 925 g/mol. The second-order valence-corrected chi connectivity index (χ2v) is 27.4. The molecule has 1 heterocycles. The monoisotopic (exact) mass is 982 g/mol. The molecule has 1 fully saturated rings. The highest BCUT2D eigenvalue weighted by Crippen LogP contribution is 2.40. The Labute approximate surface area is 438 Å². The number of hydrogen-bond donors (Lipinski definition) is 0. The summed E-state index contributed by atoms with van der Waals surface area (Å²) in [5.41, 5.74) is 8.80. The summed E-state index contributed by atoms with van der Waals surface area (Å²) in [7, 11) is -5.72. The summed E-state index contributed by atoms with van der Waals surface area (Å²) < 4.78 is 0. The van der Waals surface area contributed by atoms with Gasteiger partial charge in [0, 0.05) is 16.7 Å². The lowest BCUT2D eigenvalue weighted by Crippen LogP contribution is -2.74. The summed E-state index contributed by atoms with van der Waals surface area (Å²) in [6.45, 7) is 0. The fourth-order valence-electron chi connectivity index (χ4n) is 12.1. The molecular formula is C70H58N2Si2. The van der Waals surface area contributed by atoms with Crippen molar-refractivity contribution in [3.63, 3.8) is 0 Å². The lowest BCUT2D eigenvalue weighted by molar-refractivity contribution is 0.444. The first-order valence-electron chi connectivity index (χ1n) is 26.3. The maximum atomic E-state index is 5.76. The first-order chi connectivity index (χ1) is 36.7. The molecule has 10 aromatic carbocycles. The summed E-state index contributed by atoms with van der Waals surface area (Å²) >= 11 is 0. The molecule has 0 unspecified atom stereocenters. The van der Waals surface area contributed by atoms with Crippen molar-refractivity contribution in [1.29, 1.82) is 0 Å². The highest BCUT2D eigenvalue weighted by Gasteiger charge is 2.43. The van der Waals surface area contributed by atoms with Gasteiger partial charge in [-0.3, -0.25) is 0 Å². The van der Waals surface area contributed by atoms with Gasteiger partial charge in [-0.15, -0.1) is 0 Å². The van der Waals surface area contributed by atoms with Crippen molar-refractivity contribution in [2.45, 2.75) is 38.0 Å². The van der Waals surface area contributed by atoms with Gasteiger partial charge in [0.25, 0.3) is 0 Å². The van der Waals surface area contributed by atoms with Gasteiger partial charge < -0.3 is 0 Å². The highest BCUT2D eigenvalue weighted by molar-refractivity contribution is 7.20. The van der Waals surface area contributed by atoms with Crippen LogP contribution < -0.4 is 41.5 Å². The lowest BCUT2D eigenvalue weighted by Gasteiger charge is -2.34. The van der Waals surface area contributed by atoms with Crippen molar-refractivity contribution in [2.24, 2.45) is 0 Å². The summed E-state index contributed by atoms with van der Waals surface area (Å²) in [4.78, 5) is 11.5. The number of nitrogens with zero attached hydrogens (tertiary/aromatic N) is 2. The fourth-order valence-corrected chi connectivity index (χ4v) is 21.7. The third-order valence-corrected chi connectivity index (χ3v) is 25.1. The Hall–Kier alpha value is -8.29. The standard InChI is InChI=1S/C70H58N2Si2/c1-9-27-53(28-10-1)55-47-48-66(54-29-11-2-12-30-54)67(51-55)70-71-68(56-31-25-45-64(49-56)73(58-33-13-3-14-34-58,59-35-15-4-16-36-59)60-37-17-5-18-38-60)52-69(72-70)57-32-26-46-65(50-57)74(61-39-19-6-20-40-61,62-41-21-7-22-42-62)63-43-23-8-24-44-63/h1,3-10,13-28,31-52,54H,2,11-12,29-30H2. The Morgan fingerprint density at radius 2 is 0.608 bits per heavy atom. The van der Waals surface area contributed by atoms with Crippen LogP contribution in [0.1, 0.15) is 43.6 Å². The summed E-state index contributed by atoms with van der Waals surface area (Å²) in [6, 6.07) is 106. The first kappa shape index (κ1) is 46.8. The molecule has 0 radical (unpaired) electrons. The molecule has 12 rings (SSSR count). The molecule has 4 heteroatoms. The highest BCUT2D eigenvalue weighted by atomic mass is 28.3. The Morgan fingerprint density at radius 1 is 0.270 bits per heavy atom. The third-order valence-electron chi connectivity index (χ3n) is 15.6. The minimum atomic E-state index is -2.86. The predicted octanol–water partition coefficient (Wildman–Crippen LogP) is 11.9. The molecule has 1 aromatic heterocycles. The summed E-state index contributed by atoms with van der Waals surface area (Å²) in [5, 5.41) is 10.7. The van der Waals surface area contributed by atoms with Crippen molar-refractivity contribution >= 4 is 57.6 Å². The quantitative estimate of drug-likeness (QED) is 0.0850. The zero-order chi connectivity index (χ0) is 49.6. The van der Waals surface area contributed by atoms with Crippen molar-refractivity contribution in [3.05, 3.63) is 291 Å². The van der Waals surface area contributed by atoms with Gasteiger partial charge >= 0.3 is 0 Å². The predicted molar refractivity (Wildman–Crippen MR) is 317 cm³/mol. The Bertz CT molecular complexity index is 3240. The maximum absolute atomic E-state index is 5.76. The van der Waals surface area contributed by atoms with Crippen LogP contribution in [-0.2, 0) is 0 Å². The number of benzene rings is 10. The van der Waals surface area contributed by atoms with Crippen LogP contribution in [0, 0.1) is 0 Å². The van der Waals surface area contributed by atoms with Crippen molar-refractivity contribution < 1.29 is 0 Å². The molecule has 0 aliphatic heterocycles. The molecule has 0 atom stereocenters. The van der Waals surface area contributed by atoms with E-state index in [0.29, 0.717) is 5.92 Å². The molecule has 1 aliphatic carbocycles. The van der Waals surface area contributed by atoms with E-state index in [4.69, 9.17) is 9.97 Å². The third kappa shape index (κ3) is 8.80. The number of hydrogen-bond acceptors (Lipinski definition) is 2. The van der Waals surface area contributed by atoms with Gasteiger partial charge in [-0.1, -0.05) is 292 Å². The van der Waals surface area contributed by atoms with E-state index in [1.54, 1.807) is 0 Å². The van der Waals surface area contributed by atoms with Crippen LogP contribution in [0.5, 0.6) is 0 Å². The smallest absolute Gasteiger partial charge is 0.179 e. The van der Waals surface area contributed by atoms with Crippen LogP contribution in [-0.4, -0.2) is 26.1 Å². The Balaban J connectivity index is 1.12. The van der Waals surface area contributed by atoms with Crippen LogP contribution in [0.2, 0.25) is 0 Å². The van der Waals surface area contributed by atoms with E-state index < -0.39 is 16.1 Å². The lowest BCUT2D eigenvalue weighted by atomic mass is 9.81. The van der Waals surface area contributed by atoms with Gasteiger partial charge in [0.05, 0.1) is 11.4 Å². The van der Waals surface area contributed by atoms with Crippen LogP contribution in [0.4, 0.5) is 0 Å². The molecule has 0 amide bonds. The topological polar surface area (TPSA) is 25.8 Å². The molecule has 0 saturated heterocycles. The van der Waals surface area contributed by atoms with E-state index in [-0.39, 0.29) is 0 Å². The average molecular weight is 983 g/mol. The minimum Gasteiger partial charge on any atom is -0.228 e. The molecule has 0 N–H and O–H groups in total. The van der Waals surface area contributed by atoms with E-state index in [9.17, 15) is 0 Å². The maximum Gasteiger partial charge on any atom is 0.179 e. The zero-order valence-electron chi connectivity index (χ0n) is 41.6. The normalized spacial score (nSPS) is 13.1. The van der Waals surface area contributed by atoms with Gasteiger partial charge in [0.2, 0.25) is 0 Å². The molecule has 2 nitrogen and oxygen atoms in total. The van der Waals surface area contributed by atoms with Crippen molar-refractivity contribution in [1.82, 2.24) is 9.97 Å². The van der Waals surface area contributed by atoms with E-state index in [0.717, 1.165) is 33.9 Å². The van der Waals surface area contributed by atoms with Crippen LogP contribution in [0.15, 0.2) is 285 Å². The van der Waals surface area contributed by atoms with Crippen LogP contribution >= 0.6 is 0 Å². The Kier molecular flexibility index (Phi) is 13.3. The summed E-state index contributed by atoms with van der Waals surface area (Å²) in [6.07, 6.45) is 6.11. The largest absolute Gasteiger partial charge is 0.228 e. The molecule has 1 saturated carbocycles. The molecule has 0 spiro atoms. The van der Waals surface area contributed by atoms with Gasteiger partial charge in [-0.2, -0.15) is 0 Å². The minimum absolute atomic E-state index is 0.439. The zero-order valence-corrected chi connectivity index (χ0v) is 43.6. The molecule has 74 heavy (non-hydrogen) atoms. The average Bonchev–Trinajstić information content (AvgIpc) is 3.50. The number of rotatable bonds is 13. The van der Waals surface area contributed by atoms with E-state index in [1.807, 2.05) is 0 Å². The second-order valence-electron chi connectivity index (χ2n) is 19.8. The van der Waals surface area contributed by atoms with E-state index in [1.165, 1.54) is 90.3 Å². The molecule has 11 aromatic rings. The van der Waals surface area contributed by atoms with Crippen LogP contribution in [0.25, 0.3) is 45.0 Å². The van der Waals surface area contributed by atoms with E-state index in [2.05, 4.69) is 285 Å². The van der Waals surface area contributed by atoms with Crippen molar-refractivity contribution in [3.8, 4) is 45.0 Å². The fraction of sp³-hybridized carbons (Fsp3) is 0.0857. The van der Waals surface area contributed by atoms with Gasteiger partial charge in [0.15, 0.2) is 22.0 Å². The molecule has 0 bridgehead atoms. The van der Waals surface area contributed by atoms with E-state index >= 15 is 0 Å². The van der Waals surface area contributed by atoms with Gasteiger partial charge in [-0.05, 0) is 89.1 Å². The molecule has 1 aliphatic rings. The SMILES string of the molecule is c1ccc(-c2ccc(C3CCCCC3)c(-c3nc(-c4cccc([Si](c5ccccc5)(c5ccccc5)c5ccccc5)c4)cc(-c4cccc([Si](c5ccccc5)(c5ccccc5)c5ccccc5)c4)n3)c2)cc1.